The van der Waals surface area contributed by atoms with Crippen LogP contribution in [0.1, 0.15) is 5.56 Å². The highest BCUT2D eigenvalue weighted by atomic mass is 35.5. The minimum absolute atomic E-state index is 0.00184. The summed E-state index contributed by atoms with van der Waals surface area (Å²) in [6.45, 7) is 0. The number of benzene rings is 1. The van der Waals surface area contributed by atoms with E-state index in [-0.39, 0.29) is 6.42 Å². The average molecular weight is 337 g/mol. The smallest absolute Gasteiger partial charge is 0.307 e. The van der Waals surface area contributed by atoms with E-state index in [0.717, 1.165) is 25.1 Å². The fourth-order valence-electron chi connectivity index (χ4n) is 1.82. The van der Waals surface area contributed by atoms with E-state index in [1.165, 1.54) is 23.1 Å². The molecule has 0 fully saturated rings. The van der Waals surface area contributed by atoms with Crippen LogP contribution in [0, 0.1) is 0 Å². The van der Waals surface area contributed by atoms with Crippen LogP contribution in [0.25, 0.3) is 10.3 Å². The van der Waals surface area contributed by atoms with Crippen LogP contribution in [0.3, 0.4) is 0 Å². The van der Waals surface area contributed by atoms with Gasteiger partial charge in [0.2, 0.25) is 0 Å². The van der Waals surface area contributed by atoms with Gasteiger partial charge in [-0.3, -0.25) is 4.79 Å². The van der Waals surface area contributed by atoms with Gasteiger partial charge in [-0.05, 0) is 23.8 Å². The molecule has 3 rings (SSSR count). The molecule has 7 heteroatoms. The number of pyridine rings is 1. The summed E-state index contributed by atoms with van der Waals surface area (Å²) in [5.74, 6) is -0.846. The summed E-state index contributed by atoms with van der Waals surface area (Å²) in [4.78, 5) is 21.3. The first-order valence-electron chi connectivity index (χ1n) is 6.02. The Balaban J connectivity index is 1.93. The van der Waals surface area contributed by atoms with Gasteiger partial charge in [-0.2, -0.15) is 0 Å². The summed E-state index contributed by atoms with van der Waals surface area (Å²) in [6.07, 6.45) is -0.00184. The highest BCUT2D eigenvalue weighted by Crippen LogP contribution is 2.35. The maximum absolute atomic E-state index is 10.9. The molecule has 0 aliphatic carbocycles. The monoisotopic (exact) mass is 336 g/mol. The Morgan fingerprint density at radius 2 is 2.05 bits per heavy atom. The number of fused-ring (bicyclic) bond motifs is 1. The standard InChI is InChI=1S/C14H9ClN2O2S2/c15-11-6-5-9-13(17-11)21-14(16-9)20-10-4-2-1-3-8(10)7-12(18)19/h1-6H,7H2,(H,18,19). The van der Waals surface area contributed by atoms with Crippen molar-refractivity contribution in [3.05, 3.63) is 47.1 Å². The van der Waals surface area contributed by atoms with Gasteiger partial charge in [0, 0.05) is 4.90 Å². The molecular formula is C14H9ClN2O2S2. The number of aliphatic carboxylic acids is 1. The lowest BCUT2D eigenvalue weighted by molar-refractivity contribution is -0.136. The number of nitrogens with zero attached hydrogens (tertiary/aromatic N) is 2. The highest BCUT2D eigenvalue weighted by Gasteiger charge is 2.11. The van der Waals surface area contributed by atoms with E-state index in [1.54, 1.807) is 6.07 Å². The molecule has 0 bridgehead atoms. The van der Waals surface area contributed by atoms with Gasteiger partial charge in [0.15, 0.2) is 4.34 Å². The average Bonchev–Trinajstić information content (AvgIpc) is 2.82. The zero-order valence-corrected chi connectivity index (χ0v) is 13.0. The summed E-state index contributed by atoms with van der Waals surface area (Å²) < 4.78 is 0.817. The Morgan fingerprint density at radius 3 is 2.86 bits per heavy atom. The maximum Gasteiger partial charge on any atom is 0.307 e. The molecule has 2 aromatic heterocycles. The second kappa shape index (κ2) is 6.01. The molecular weight excluding hydrogens is 328 g/mol. The molecule has 21 heavy (non-hydrogen) atoms. The van der Waals surface area contributed by atoms with Crippen molar-refractivity contribution in [3.8, 4) is 0 Å². The number of carboxylic acids is 1. The molecule has 0 saturated heterocycles. The Morgan fingerprint density at radius 1 is 1.24 bits per heavy atom. The molecule has 106 valence electrons. The van der Waals surface area contributed by atoms with E-state index in [4.69, 9.17) is 16.7 Å². The van der Waals surface area contributed by atoms with Gasteiger partial charge in [0.25, 0.3) is 0 Å². The normalized spacial score (nSPS) is 10.9. The van der Waals surface area contributed by atoms with Crippen LogP contribution in [0.15, 0.2) is 45.6 Å². The molecule has 0 spiro atoms. The van der Waals surface area contributed by atoms with E-state index >= 15 is 0 Å². The van der Waals surface area contributed by atoms with Crippen molar-refractivity contribution < 1.29 is 9.90 Å². The number of hydrogen-bond acceptors (Lipinski definition) is 5. The number of halogens is 1. The predicted octanol–water partition coefficient (Wildman–Crippen LogP) is 4.12. The van der Waals surface area contributed by atoms with Gasteiger partial charge in [-0.25, -0.2) is 9.97 Å². The number of aromatic nitrogens is 2. The SMILES string of the molecule is O=C(O)Cc1ccccc1Sc1nc2ccc(Cl)nc2s1. The zero-order valence-electron chi connectivity index (χ0n) is 10.6. The van der Waals surface area contributed by atoms with E-state index in [0.29, 0.717) is 5.15 Å². The molecule has 0 saturated carbocycles. The third-order valence-corrected chi connectivity index (χ3v) is 5.07. The molecule has 0 aliphatic heterocycles. The topological polar surface area (TPSA) is 63.1 Å². The third kappa shape index (κ3) is 3.34. The number of carbonyl (C=O) groups is 1. The predicted molar refractivity (Wildman–Crippen MR) is 84.3 cm³/mol. The van der Waals surface area contributed by atoms with Crippen molar-refractivity contribution in [2.75, 3.05) is 0 Å². The van der Waals surface area contributed by atoms with E-state index in [1.807, 2.05) is 30.3 Å². The van der Waals surface area contributed by atoms with Crippen LogP contribution < -0.4 is 0 Å². The van der Waals surface area contributed by atoms with Gasteiger partial charge in [-0.1, -0.05) is 52.9 Å². The van der Waals surface area contributed by atoms with Gasteiger partial charge < -0.3 is 5.11 Å². The van der Waals surface area contributed by atoms with Crippen LogP contribution in [0.4, 0.5) is 0 Å². The second-order valence-electron chi connectivity index (χ2n) is 4.22. The minimum atomic E-state index is -0.846. The first-order valence-corrected chi connectivity index (χ1v) is 8.03. The van der Waals surface area contributed by atoms with Gasteiger partial charge >= 0.3 is 5.97 Å². The maximum atomic E-state index is 10.9. The van der Waals surface area contributed by atoms with Crippen LogP contribution in [-0.2, 0) is 11.2 Å². The Hall–Kier alpha value is -1.63. The Kier molecular flexibility index (Phi) is 4.10. The van der Waals surface area contributed by atoms with Crippen molar-refractivity contribution >= 4 is 51.0 Å². The van der Waals surface area contributed by atoms with Crippen LogP contribution in [-0.4, -0.2) is 21.0 Å². The molecule has 0 atom stereocenters. The number of rotatable bonds is 4. The van der Waals surface area contributed by atoms with Crippen molar-refractivity contribution in [3.63, 3.8) is 0 Å². The number of carboxylic acid groups (broad SMARTS) is 1. The third-order valence-electron chi connectivity index (χ3n) is 2.71. The first kappa shape index (κ1) is 14.3. The summed E-state index contributed by atoms with van der Waals surface area (Å²) in [5.41, 5.74) is 1.57. The van der Waals surface area contributed by atoms with E-state index in [2.05, 4.69) is 9.97 Å². The molecule has 4 nitrogen and oxygen atoms in total. The fraction of sp³-hybridized carbons (Fsp3) is 0.0714. The summed E-state index contributed by atoms with van der Waals surface area (Å²) in [5, 5.41) is 9.39. The Bertz CT molecular complexity index is 820. The molecule has 1 aromatic carbocycles. The van der Waals surface area contributed by atoms with E-state index < -0.39 is 5.97 Å². The molecule has 0 amide bonds. The number of thiazole rings is 1. The van der Waals surface area contributed by atoms with Crippen LogP contribution >= 0.6 is 34.7 Å². The van der Waals surface area contributed by atoms with Crippen LogP contribution in [0.5, 0.6) is 0 Å². The first-order chi connectivity index (χ1) is 10.1. The summed E-state index contributed by atoms with van der Waals surface area (Å²) >= 11 is 8.76. The lowest BCUT2D eigenvalue weighted by atomic mass is 10.1. The van der Waals surface area contributed by atoms with Crippen molar-refractivity contribution in [2.24, 2.45) is 0 Å². The summed E-state index contributed by atoms with van der Waals surface area (Å²) in [6, 6.07) is 11.0. The molecule has 2 heterocycles. The molecule has 0 aliphatic rings. The van der Waals surface area contributed by atoms with Crippen molar-refractivity contribution in [1.29, 1.82) is 0 Å². The van der Waals surface area contributed by atoms with E-state index in [9.17, 15) is 4.79 Å². The second-order valence-corrected chi connectivity index (χ2v) is 6.87. The fourth-order valence-corrected chi connectivity index (χ4v) is 4.12. The number of hydrogen-bond donors (Lipinski definition) is 1. The van der Waals surface area contributed by atoms with Crippen LogP contribution in [0.2, 0.25) is 5.15 Å². The zero-order chi connectivity index (χ0) is 14.8. The molecule has 0 radical (unpaired) electrons. The van der Waals surface area contributed by atoms with Crippen molar-refractivity contribution in [1.82, 2.24) is 9.97 Å². The lowest BCUT2D eigenvalue weighted by Crippen LogP contribution is -2.01. The highest BCUT2D eigenvalue weighted by molar-refractivity contribution is 8.01. The largest absolute Gasteiger partial charge is 0.481 e. The molecule has 3 aromatic rings. The van der Waals surface area contributed by atoms with Gasteiger partial charge in [-0.15, -0.1) is 0 Å². The Labute approximate surface area is 133 Å². The molecule has 1 N–H and O–H groups in total. The van der Waals surface area contributed by atoms with Gasteiger partial charge in [0.1, 0.15) is 15.5 Å². The van der Waals surface area contributed by atoms with Crippen molar-refractivity contribution in [2.45, 2.75) is 15.7 Å². The summed E-state index contributed by atoms with van der Waals surface area (Å²) in [7, 11) is 0. The minimum Gasteiger partial charge on any atom is -0.481 e. The molecule has 0 unspecified atom stereocenters. The van der Waals surface area contributed by atoms with Gasteiger partial charge in [0.05, 0.1) is 6.42 Å². The quantitative estimate of drug-likeness (QED) is 0.726. The lowest BCUT2D eigenvalue weighted by Gasteiger charge is -2.04.